The van der Waals surface area contributed by atoms with Gasteiger partial charge < -0.3 is 11.1 Å². The highest BCUT2D eigenvalue weighted by Gasteiger charge is 2.05. The Morgan fingerprint density at radius 3 is 2.31 bits per heavy atom. The molecule has 0 spiro atoms. The van der Waals surface area contributed by atoms with Crippen LogP contribution in [0.15, 0.2) is 24.3 Å². The van der Waals surface area contributed by atoms with E-state index >= 15 is 0 Å². The van der Waals surface area contributed by atoms with E-state index < -0.39 is 0 Å². The Kier molecular flexibility index (Phi) is 5.50. The molecule has 90 valence electrons. The first-order valence-electron chi connectivity index (χ1n) is 6.21. The summed E-state index contributed by atoms with van der Waals surface area (Å²) in [6.07, 6.45) is 2.35. The zero-order chi connectivity index (χ0) is 12.0. The molecule has 1 atom stereocenters. The first-order valence-corrected chi connectivity index (χ1v) is 6.21. The molecule has 0 aliphatic rings. The minimum atomic E-state index is 0.0954. The van der Waals surface area contributed by atoms with Gasteiger partial charge in [-0.15, -0.1) is 0 Å². The lowest BCUT2D eigenvalue weighted by molar-refractivity contribution is 0.537. The van der Waals surface area contributed by atoms with Gasteiger partial charge >= 0.3 is 0 Å². The Bertz CT molecular complexity index is 290. The molecule has 2 nitrogen and oxygen atoms in total. The third-order valence-corrected chi connectivity index (χ3v) is 2.69. The fourth-order valence-corrected chi connectivity index (χ4v) is 1.70. The quantitative estimate of drug-likeness (QED) is 0.773. The van der Waals surface area contributed by atoms with Crippen LogP contribution >= 0.6 is 0 Å². The largest absolute Gasteiger partial charge is 0.323 e. The molecule has 0 fully saturated rings. The summed E-state index contributed by atoms with van der Waals surface area (Å²) in [6, 6.07) is 9.26. The molecule has 3 N–H and O–H groups in total. The molecule has 0 heterocycles. The van der Waals surface area contributed by atoms with E-state index in [4.69, 9.17) is 5.73 Å². The van der Waals surface area contributed by atoms with Crippen molar-refractivity contribution in [1.29, 1.82) is 0 Å². The molecule has 0 radical (unpaired) electrons. The molecular weight excluding hydrogens is 196 g/mol. The van der Waals surface area contributed by atoms with Crippen molar-refractivity contribution in [1.82, 2.24) is 5.32 Å². The van der Waals surface area contributed by atoms with Crippen LogP contribution in [0.3, 0.4) is 0 Å². The summed E-state index contributed by atoms with van der Waals surface area (Å²) >= 11 is 0. The molecule has 0 bridgehead atoms. The second-order valence-corrected chi connectivity index (χ2v) is 4.66. The fraction of sp³-hybridized carbons (Fsp3) is 0.571. The molecule has 2 heteroatoms. The number of nitrogens with two attached hydrogens (primary N) is 1. The molecule has 1 aromatic carbocycles. The van der Waals surface area contributed by atoms with Crippen LogP contribution in [-0.2, 0) is 6.42 Å². The number of nitrogens with one attached hydrogen (secondary N) is 1. The van der Waals surface area contributed by atoms with E-state index in [0.717, 1.165) is 13.0 Å². The molecule has 0 aliphatic heterocycles. The minimum Gasteiger partial charge on any atom is -0.323 e. The van der Waals surface area contributed by atoms with Gasteiger partial charge in [0.1, 0.15) is 0 Å². The second-order valence-electron chi connectivity index (χ2n) is 4.66. The molecule has 0 amide bonds. The van der Waals surface area contributed by atoms with E-state index in [1.54, 1.807) is 0 Å². The molecule has 16 heavy (non-hydrogen) atoms. The van der Waals surface area contributed by atoms with Gasteiger partial charge in [0.05, 0.1) is 0 Å². The van der Waals surface area contributed by atoms with Crippen LogP contribution in [-0.4, -0.2) is 12.6 Å². The summed E-state index contributed by atoms with van der Waals surface area (Å²) in [5.41, 5.74) is 8.72. The molecule has 1 unspecified atom stereocenters. The van der Waals surface area contributed by atoms with E-state index in [9.17, 15) is 0 Å². The Labute approximate surface area is 99.2 Å². The summed E-state index contributed by atoms with van der Waals surface area (Å²) < 4.78 is 0. The highest BCUT2D eigenvalue weighted by molar-refractivity contribution is 5.25. The van der Waals surface area contributed by atoms with Crippen molar-refractivity contribution < 1.29 is 0 Å². The maximum atomic E-state index is 6.10. The van der Waals surface area contributed by atoms with Gasteiger partial charge in [-0.1, -0.05) is 51.5 Å². The lowest BCUT2D eigenvalue weighted by atomic mass is 10.0. The SMILES string of the molecule is CCCc1ccc(C(N)CNC(C)C)cc1. The first-order chi connectivity index (χ1) is 7.63. The van der Waals surface area contributed by atoms with Gasteiger partial charge in [-0.3, -0.25) is 0 Å². The molecule has 0 saturated carbocycles. The maximum absolute atomic E-state index is 6.10. The average molecular weight is 220 g/mol. The van der Waals surface area contributed by atoms with Gasteiger partial charge in [-0.25, -0.2) is 0 Å². The molecule has 0 saturated heterocycles. The Hall–Kier alpha value is -0.860. The van der Waals surface area contributed by atoms with Crippen molar-refractivity contribution >= 4 is 0 Å². The van der Waals surface area contributed by atoms with E-state index in [1.807, 2.05) is 0 Å². The predicted molar refractivity (Wildman–Crippen MR) is 70.5 cm³/mol. The molecule has 1 aromatic rings. The van der Waals surface area contributed by atoms with Crippen LogP contribution in [0, 0.1) is 0 Å². The van der Waals surface area contributed by atoms with Crippen LogP contribution < -0.4 is 11.1 Å². The third kappa shape index (κ3) is 4.33. The van der Waals surface area contributed by atoms with Gasteiger partial charge in [0.25, 0.3) is 0 Å². The van der Waals surface area contributed by atoms with Crippen molar-refractivity contribution in [2.24, 2.45) is 5.73 Å². The summed E-state index contributed by atoms with van der Waals surface area (Å²) in [7, 11) is 0. The molecular formula is C14H24N2. The van der Waals surface area contributed by atoms with E-state index in [-0.39, 0.29) is 6.04 Å². The first kappa shape index (κ1) is 13.2. The van der Waals surface area contributed by atoms with Gasteiger partial charge in [-0.05, 0) is 17.5 Å². The highest BCUT2D eigenvalue weighted by Crippen LogP contribution is 2.12. The summed E-state index contributed by atoms with van der Waals surface area (Å²) in [4.78, 5) is 0. The average Bonchev–Trinajstić information content (AvgIpc) is 2.27. The second kappa shape index (κ2) is 6.66. The van der Waals surface area contributed by atoms with E-state index in [0.29, 0.717) is 6.04 Å². The van der Waals surface area contributed by atoms with E-state index in [2.05, 4.69) is 50.4 Å². The Balaban J connectivity index is 2.52. The van der Waals surface area contributed by atoms with Crippen LogP contribution in [0.1, 0.15) is 44.4 Å². The summed E-state index contributed by atoms with van der Waals surface area (Å²) in [5, 5.41) is 3.36. The Morgan fingerprint density at radius 2 is 1.81 bits per heavy atom. The summed E-state index contributed by atoms with van der Waals surface area (Å²) in [6.45, 7) is 7.31. The van der Waals surface area contributed by atoms with Gasteiger partial charge in [0.2, 0.25) is 0 Å². The van der Waals surface area contributed by atoms with Crippen molar-refractivity contribution in [3.63, 3.8) is 0 Å². The van der Waals surface area contributed by atoms with Crippen LogP contribution in [0.4, 0.5) is 0 Å². The van der Waals surface area contributed by atoms with Gasteiger partial charge in [-0.2, -0.15) is 0 Å². The van der Waals surface area contributed by atoms with Crippen LogP contribution in [0.5, 0.6) is 0 Å². The monoisotopic (exact) mass is 220 g/mol. The van der Waals surface area contributed by atoms with Crippen molar-refractivity contribution in [2.45, 2.75) is 45.7 Å². The van der Waals surface area contributed by atoms with Crippen molar-refractivity contribution in [2.75, 3.05) is 6.54 Å². The number of aryl methyl sites for hydroxylation is 1. The molecule has 0 aliphatic carbocycles. The molecule has 1 rings (SSSR count). The van der Waals surface area contributed by atoms with E-state index in [1.165, 1.54) is 17.5 Å². The number of benzene rings is 1. The van der Waals surface area contributed by atoms with Crippen LogP contribution in [0.2, 0.25) is 0 Å². The molecule has 0 aromatic heterocycles. The smallest absolute Gasteiger partial charge is 0.0421 e. The lowest BCUT2D eigenvalue weighted by Crippen LogP contribution is -2.31. The maximum Gasteiger partial charge on any atom is 0.0421 e. The lowest BCUT2D eigenvalue weighted by Gasteiger charge is -2.15. The van der Waals surface area contributed by atoms with Gasteiger partial charge in [0, 0.05) is 18.6 Å². The standard InChI is InChI=1S/C14H24N2/c1-4-5-12-6-8-13(9-7-12)14(15)10-16-11(2)3/h6-9,11,14,16H,4-5,10,15H2,1-3H3. The Morgan fingerprint density at radius 1 is 1.19 bits per heavy atom. The topological polar surface area (TPSA) is 38.0 Å². The van der Waals surface area contributed by atoms with Gasteiger partial charge in [0.15, 0.2) is 0 Å². The van der Waals surface area contributed by atoms with Crippen molar-refractivity contribution in [3.05, 3.63) is 35.4 Å². The van der Waals surface area contributed by atoms with Crippen molar-refractivity contribution in [3.8, 4) is 0 Å². The predicted octanol–water partition coefficient (Wildman–Crippen LogP) is 2.64. The zero-order valence-electron chi connectivity index (χ0n) is 10.7. The van der Waals surface area contributed by atoms with Crippen LogP contribution in [0.25, 0.3) is 0 Å². The number of hydrogen-bond acceptors (Lipinski definition) is 2. The third-order valence-electron chi connectivity index (χ3n) is 2.69. The zero-order valence-corrected chi connectivity index (χ0v) is 10.7. The number of hydrogen-bond donors (Lipinski definition) is 2. The normalized spacial score (nSPS) is 13.1. The summed E-state index contributed by atoms with van der Waals surface area (Å²) in [5.74, 6) is 0. The fourth-order valence-electron chi connectivity index (χ4n) is 1.70. The minimum absolute atomic E-state index is 0.0954. The number of rotatable bonds is 6. The highest BCUT2D eigenvalue weighted by atomic mass is 14.9.